The molecule has 0 aliphatic carbocycles. The fourth-order valence-electron chi connectivity index (χ4n) is 4.60. The van der Waals surface area contributed by atoms with Crippen LogP contribution in [-0.4, -0.2) is 41.5 Å². The van der Waals surface area contributed by atoms with Gasteiger partial charge in [0.2, 0.25) is 0 Å². The van der Waals surface area contributed by atoms with Gasteiger partial charge in [0, 0.05) is 39.2 Å². The van der Waals surface area contributed by atoms with Crippen molar-refractivity contribution >= 4 is 38.8 Å². The number of pyridine rings is 3. The number of aromatic nitrogens is 6. The van der Waals surface area contributed by atoms with Gasteiger partial charge in [0.1, 0.15) is 11.9 Å². The van der Waals surface area contributed by atoms with Gasteiger partial charge in [0.05, 0.1) is 46.7 Å². The van der Waals surface area contributed by atoms with E-state index in [2.05, 4.69) is 56.2 Å². The molecule has 8 nitrogen and oxygen atoms in total. The first-order valence-corrected chi connectivity index (χ1v) is 13.0. The van der Waals surface area contributed by atoms with Crippen LogP contribution in [0.25, 0.3) is 54.9 Å². The SMILES string of the molecule is CC(C)(C)CC(O)Nc1cncc(-c2cc3c(-c4cc5c(-c6ccc(F)s6)cncc5[nH]4)n[nH]c3cn2)c1. The van der Waals surface area contributed by atoms with Gasteiger partial charge in [-0.15, -0.1) is 11.3 Å². The number of hydrogen-bond donors (Lipinski definition) is 4. The maximum Gasteiger partial charge on any atom is 0.176 e. The number of thiophene rings is 1. The summed E-state index contributed by atoms with van der Waals surface area (Å²) in [5, 5.41) is 22.8. The molecule has 6 aromatic heterocycles. The predicted octanol–water partition coefficient (Wildman–Crippen LogP) is 6.60. The molecule has 0 aliphatic heterocycles. The molecule has 0 fully saturated rings. The van der Waals surface area contributed by atoms with E-state index in [0.29, 0.717) is 12.1 Å². The lowest BCUT2D eigenvalue weighted by Gasteiger charge is -2.23. The Hall–Kier alpha value is -4.15. The second kappa shape index (κ2) is 9.30. The molecule has 0 saturated heterocycles. The van der Waals surface area contributed by atoms with E-state index in [1.807, 2.05) is 18.2 Å². The van der Waals surface area contributed by atoms with Crippen molar-refractivity contribution < 1.29 is 9.50 Å². The van der Waals surface area contributed by atoms with Crippen LogP contribution in [0, 0.1) is 10.5 Å². The molecule has 0 saturated carbocycles. The molecule has 1 unspecified atom stereocenters. The molecule has 38 heavy (non-hydrogen) atoms. The lowest BCUT2D eigenvalue weighted by atomic mass is 9.91. The summed E-state index contributed by atoms with van der Waals surface area (Å²) in [6.07, 6.45) is 8.61. The first kappa shape index (κ1) is 24.2. The fourth-order valence-corrected chi connectivity index (χ4v) is 5.35. The maximum atomic E-state index is 13.7. The highest BCUT2D eigenvalue weighted by molar-refractivity contribution is 7.14. The third kappa shape index (κ3) is 4.75. The van der Waals surface area contributed by atoms with Gasteiger partial charge in [-0.05, 0) is 42.2 Å². The highest BCUT2D eigenvalue weighted by Crippen LogP contribution is 2.36. The summed E-state index contributed by atoms with van der Waals surface area (Å²) in [5.41, 5.74) is 6.31. The van der Waals surface area contributed by atoms with Gasteiger partial charge in [-0.1, -0.05) is 20.8 Å². The van der Waals surface area contributed by atoms with Crippen molar-refractivity contribution in [1.29, 1.82) is 0 Å². The number of aliphatic hydroxyl groups is 1. The van der Waals surface area contributed by atoms with E-state index in [0.717, 1.165) is 66.2 Å². The average Bonchev–Trinajstić information content (AvgIpc) is 3.60. The van der Waals surface area contributed by atoms with Crippen LogP contribution >= 0.6 is 11.3 Å². The van der Waals surface area contributed by atoms with Crippen LogP contribution in [0.5, 0.6) is 0 Å². The van der Waals surface area contributed by atoms with E-state index < -0.39 is 6.23 Å². The van der Waals surface area contributed by atoms with Crippen molar-refractivity contribution in [3.63, 3.8) is 0 Å². The van der Waals surface area contributed by atoms with Gasteiger partial charge < -0.3 is 15.4 Å². The summed E-state index contributed by atoms with van der Waals surface area (Å²) in [7, 11) is 0. The first-order chi connectivity index (χ1) is 18.2. The lowest BCUT2D eigenvalue weighted by molar-refractivity contribution is 0.145. The normalized spacial score (nSPS) is 12.9. The van der Waals surface area contributed by atoms with Crippen molar-refractivity contribution in [1.82, 2.24) is 30.1 Å². The van der Waals surface area contributed by atoms with Gasteiger partial charge in [0.15, 0.2) is 5.13 Å². The molecule has 6 aromatic rings. The molecular weight excluding hydrogens is 501 g/mol. The van der Waals surface area contributed by atoms with Crippen LogP contribution in [0.2, 0.25) is 0 Å². The van der Waals surface area contributed by atoms with Crippen molar-refractivity contribution in [2.45, 2.75) is 33.4 Å². The van der Waals surface area contributed by atoms with E-state index in [9.17, 15) is 9.50 Å². The summed E-state index contributed by atoms with van der Waals surface area (Å²) in [5.74, 6) is 0. The topological polar surface area (TPSA) is 115 Å². The smallest absolute Gasteiger partial charge is 0.176 e. The molecule has 0 spiro atoms. The van der Waals surface area contributed by atoms with E-state index in [1.54, 1.807) is 37.1 Å². The molecule has 0 aliphatic rings. The third-order valence-electron chi connectivity index (χ3n) is 6.26. The fraction of sp³-hybridized carbons (Fsp3) is 0.214. The zero-order valence-corrected chi connectivity index (χ0v) is 21.9. The summed E-state index contributed by atoms with van der Waals surface area (Å²) in [6.45, 7) is 6.25. The Morgan fingerprint density at radius 3 is 2.63 bits per heavy atom. The van der Waals surface area contributed by atoms with E-state index in [4.69, 9.17) is 0 Å². The lowest BCUT2D eigenvalue weighted by Crippen LogP contribution is -2.25. The van der Waals surface area contributed by atoms with Crippen molar-refractivity contribution in [3.8, 4) is 33.1 Å². The number of hydrogen-bond acceptors (Lipinski definition) is 7. The standard InChI is InChI=1S/C28H26FN7OS/c1-28(2,3)9-26(37)33-16-6-15(10-30-11-16)20-8-18-23(14-32-20)35-36-27(18)21-7-17-19(12-31-13-22(17)34-21)24-4-5-25(29)38-24/h4-8,10-14,26,33-34,37H,9H2,1-3H3,(H,35,36). The minimum Gasteiger partial charge on any atom is -0.374 e. The Morgan fingerprint density at radius 1 is 1.00 bits per heavy atom. The number of aromatic amines is 2. The highest BCUT2D eigenvalue weighted by atomic mass is 32.1. The van der Waals surface area contributed by atoms with Crippen LogP contribution in [-0.2, 0) is 0 Å². The van der Waals surface area contributed by atoms with Crippen LogP contribution in [0.15, 0.2) is 61.3 Å². The number of halogens is 1. The molecule has 0 radical (unpaired) electrons. The summed E-state index contributed by atoms with van der Waals surface area (Å²) in [4.78, 5) is 17.5. The Kier molecular flexibility index (Phi) is 5.93. The number of rotatable bonds is 6. The number of anilines is 1. The predicted molar refractivity (Wildman–Crippen MR) is 149 cm³/mol. The van der Waals surface area contributed by atoms with Crippen molar-refractivity contribution in [2.24, 2.45) is 5.41 Å². The molecule has 4 N–H and O–H groups in total. The second-order valence-electron chi connectivity index (χ2n) is 10.5. The summed E-state index contributed by atoms with van der Waals surface area (Å²) in [6, 6.07) is 9.15. The van der Waals surface area contributed by atoms with E-state index in [1.165, 1.54) is 6.07 Å². The molecule has 0 aromatic carbocycles. The molecule has 6 heterocycles. The maximum absolute atomic E-state index is 13.7. The second-order valence-corrected chi connectivity index (χ2v) is 11.5. The Morgan fingerprint density at radius 2 is 1.84 bits per heavy atom. The Labute approximate surface area is 222 Å². The van der Waals surface area contributed by atoms with Crippen LogP contribution in [0.3, 0.4) is 0 Å². The number of nitrogens with zero attached hydrogens (tertiary/aromatic N) is 4. The quantitative estimate of drug-likeness (QED) is 0.182. The molecule has 1 atom stereocenters. The molecule has 6 rings (SSSR count). The Bertz CT molecular complexity index is 1760. The number of fused-ring (bicyclic) bond motifs is 2. The van der Waals surface area contributed by atoms with Gasteiger partial charge in [0.25, 0.3) is 0 Å². The van der Waals surface area contributed by atoms with E-state index >= 15 is 0 Å². The van der Waals surface area contributed by atoms with Gasteiger partial charge in [-0.3, -0.25) is 20.1 Å². The zero-order valence-electron chi connectivity index (χ0n) is 21.1. The molecule has 10 heteroatoms. The number of nitrogens with one attached hydrogen (secondary N) is 3. The van der Waals surface area contributed by atoms with Crippen molar-refractivity contribution in [3.05, 3.63) is 66.4 Å². The average molecular weight is 528 g/mol. The molecule has 0 amide bonds. The van der Waals surface area contributed by atoms with Crippen LogP contribution in [0.4, 0.5) is 10.1 Å². The van der Waals surface area contributed by atoms with Gasteiger partial charge >= 0.3 is 0 Å². The highest BCUT2D eigenvalue weighted by Gasteiger charge is 2.18. The van der Waals surface area contributed by atoms with Gasteiger partial charge in [-0.2, -0.15) is 9.49 Å². The number of aliphatic hydroxyl groups excluding tert-OH is 1. The summed E-state index contributed by atoms with van der Waals surface area (Å²) < 4.78 is 13.7. The van der Waals surface area contributed by atoms with Crippen LogP contribution in [0.1, 0.15) is 27.2 Å². The largest absolute Gasteiger partial charge is 0.374 e. The summed E-state index contributed by atoms with van der Waals surface area (Å²) >= 11 is 1.09. The first-order valence-electron chi connectivity index (χ1n) is 12.2. The minimum atomic E-state index is -0.685. The van der Waals surface area contributed by atoms with E-state index in [-0.39, 0.29) is 10.5 Å². The van der Waals surface area contributed by atoms with Crippen LogP contribution < -0.4 is 5.32 Å². The minimum absolute atomic E-state index is 0.0128. The van der Waals surface area contributed by atoms with Gasteiger partial charge in [-0.25, -0.2) is 0 Å². The monoisotopic (exact) mass is 527 g/mol. The molecule has 0 bridgehead atoms. The Balaban J connectivity index is 1.36. The third-order valence-corrected chi connectivity index (χ3v) is 7.17. The van der Waals surface area contributed by atoms with Crippen molar-refractivity contribution in [2.75, 3.05) is 5.32 Å². The molecular formula is C28H26FN7OS. The zero-order chi connectivity index (χ0) is 26.4. The number of H-pyrrole nitrogens is 2. The molecule has 192 valence electrons.